The monoisotopic (exact) mass is 388 g/mol. The predicted octanol–water partition coefficient (Wildman–Crippen LogP) is 4.75. The summed E-state index contributed by atoms with van der Waals surface area (Å²) in [6, 6.07) is 10.6. The van der Waals surface area contributed by atoms with Gasteiger partial charge < -0.3 is 9.80 Å². The maximum absolute atomic E-state index is 13.7. The van der Waals surface area contributed by atoms with Gasteiger partial charge in [-0.25, -0.2) is 0 Å². The maximum atomic E-state index is 13.7. The lowest BCUT2D eigenvalue weighted by Gasteiger charge is -2.65. The molecule has 1 amide bonds. The van der Waals surface area contributed by atoms with Crippen molar-refractivity contribution >= 4 is 24.0 Å². The first kappa shape index (κ1) is 19.1. The number of halogens is 1. The van der Waals surface area contributed by atoms with E-state index in [1.165, 1.54) is 24.9 Å². The van der Waals surface area contributed by atoms with E-state index in [-0.39, 0.29) is 17.8 Å². The number of hydrogen-bond donors (Lipinski definition) is 0. The molecule has 5 fully saturated rings. The van der Waals surface area contributed by atoms with Gasteiger partial charge in [-0.15, -0.1) is 12.4 Å². The van der Waals surface area contributed by atoms with Crippen molar-refractivity contribution in [2.24, 2.45) is 22.2 Å². The van der Waals surface area contributed by atoms with Crippen LogP contribution in [-0.4, -0.2) is 37.0 Å². The van der Waals surface area contributed by atoms with E-state index in [4.69, 9.17) is 0 Å². The molecule has 0 radical (unpaired) electrons. The highest BCUT2D eigenvalue weighted by Gasteiger charge is 2.63. The Bertz CT molecular complexity index is 694. The molecular weight excluding hydrogens is 356 g/mol. The highest BCUT2D eigenvalue weighted by Crippen LogP contribution is 2.69. The molecule has 1 aliphatic heterocycles. The van der Waals surface area contributed by atoms with Gasteiger partial charge in [0.1, 0.15) is 0 Å². The van der Waals surface area contributed by atoms with Gasteiger partial charge in [0.2, 0.25) is 5.91 Å². The molecule has 2 unspecified atom stereocenters. The number of amides is 1. The largest absolute Gasteiger partial charge is 0.368 e. The van der Waals surface area contributed by atoms with Gasteiger partial charge >= 0.3 is 0 Å². The molecule has 1 saturated heterocycles. The van der Waals surface area contributed by atoms with Gasteiger partial charge in [-0.05, 0) is 67.4 Å². The summed E-state index contributed by atoms with van der Waals surface area (Å²) in [5.41, 5.74) is 2.07. The Morgan fingerprint density at radius 3 is 2.04 bits per heavy atom. The topological polar surface area (TPSA) is 23.6 Å². The second kappa shape index (κ2) is 6.40. The highest BCUT2D eigenvalue weighted by atomic mass is 35.5. The van der Waals surface area contributed by atoms with Crippen molar-refractivity contribution in [3.8, 4) is 0 Å². The Balaban J connectivity index is 0.00000180. The van der Waals surface area contributed by atoms with Crippen LogP contribution in [0, 0.1) is 22.2 Å². The first-order chi connectivity index (χ1) is 12.4. The van der Waals surface area contributed by atoms with Crippen LogP contribution in [0.3, 0.4) is 0 Å². The molecule has 6 rings (SSSR count). The molecule has 5 aliphatic rings. The fourth-order valence-corrected chi connectivity index (χ4v) is 7.83. The van der Waals surface area contributed by atoms with Crippen LogP contribution in [0.15, 0.2) is 30.3 Å². The van der Waals surface area contributed by atoms with Crippen LogP contribution in [0.25, 0.3) is 0 Å². The number of piperazine rings is 1. The zero-order chi connectivity index (χ0) is 18.0. The molecule has 1 aromatic carbocycles. The van der Waals surface area contributed by atoms with E-state index in [1.807, 2.05) is 0 Å². The number of nitrogens with zero attached hydrogens (tertiary/aromatic N) is 2. The summed E-state index contributed by atoms with van der Waals surface area (Å²) in [6.07, 6.45) is 7.51. The zero-order valence-electron chi connectivity index (χ0n) is 16.7. The number of anilines is 1. The van der Waals surface area contributed by atoms with Crippen molar-refractivity contribution in [2.45, 2.75) is 52.4 Å². The molecule has 4 bridgehead atoms. The van der Waals surface area contributed by atoms with E-state index >= 15 is 0 Å². The summed E-state index contributed by atoms with van der Waals surface area (Å²) in [5, 5.41) is 0. The van der Waals surface area contributed by atoms with Gasteiger partial charge in [0.05, 0.1) is 5.41 Å². The quantitative estimate of drug-likeness (QED) is 0.729. The number of carbonyl (C=O) groups is 1. The van der Waals surface area contributed by atoms with E-state index < -0.39 is 0 Å². The van der Waals surface area contributed by atoms with Crippen molar-refractivity contribution in [1.29, 1.82) is 0 Å². The zero-order valence-corrected chi connectivity index (χ0v) is 17.6. The number of benzene rings is 1. The standard InChI is InChI=1S/C23H32N2O.ClH/c1-21-12-18-13-22(2,15-21)17-23(14-18,16-21)20(26)25-10-8-24(9-11-25)19-6-4-3-5-7-19;/h3-7,18H,8-17H2,1-2H3;1H. The number of rotatable bonds is 2. The van der Waals surface area contributed by atoms with E-state index in [0.29, 0.717) is 16.7 Å². The number of hydrogen-bond acceptors (Lipinski definition) is 2. The highest BCUT2D eigenvalue weighted by molar-refractivity contribution is 5.85. The van der Waals surface area contributed by atoms with Crippen molar-refractivity contribution in [2.75, 3.05) is 31.1 Å². The van der Waals surface area contributed by atoms with Crippen LogP contribution in [0.4, 0.5) is 5.69 Å². The summed E-state index contributed by atoms with van der Waals surface area (Å²) in [4.78, 5) is 18.3. The van der Waals surface area contributed by atoms with Crippen molar-refractivity contribution in [3.63, 3.8) is 0 Å². The van der Waals surface area contributed by atoms with Crippen LogP contribution in [0.1, 0.15) is 52.4 Å². The summed E-state index contributed by atoms with van der Waals surface area (Å²) >= 11 is 0. The number of para-hydroxylation sites is 1. The molecule has 2 atom stereocenters. The summed E-state index contributed by atoms with van der Waals surface area (Å²) in [5.74, 6) is 1.28. The lowest BCUT2D eigenvalue weighted by atomic mass is 9.40. The molecule has 27 heavy (non-hydrogen) atoms. The minimum Gasteiger partial charge on any atom is -0.368 e. The third-order valence-corrected chi connectivity index (χ3v) is 7.77. The molecule has 3 nitrogen and oxygen atoms in total. The SMILES string of the molecule is CC12CC3CC(C)(C1)CC(C(=O)N1CCN(c4ccccc4)CC1)(C3)C2.Cl. The fourth-order valence-electron chi connectivity index (χ4n) is 7.83. The van der Waals surface area contributed by atoms with Crippen molar-refractivity contribution < 1.29 is 4.79 Å². The Labute approximate surface area is 169 Å². The average Bonchev–Trinajstić information content (AvgIpc) is 2.59. The first-order valence-electron chi connectivity index (χ1n) is 10.5. The lowest BCUT2D eigenvalue weighted by Crippen LogP contribution is -2.62. The van der Waals surface area contributed by atoms with Gasteiger partial charge in [-0.2, -0.15) is 0 Å². The molecule has 4 heteroatoms. The Hall–Kier alpha value is -1.22. The maximum Gasteiger partial charge on any atom is 0.228 e. The van der Waals surface area contributed by atoms with E-state index in [2.05, 4.69) is 54.0 Å². The van der Waals surface area contributed by atoms with Crippen LogP contribution in [-0.2, 0) is 4.79 Å². The number of carbonyl (C=O) groups excluding carboxylic acids is 1. The Morgan fingerprint density at radius 1 is 0.889 bits per heavy atom. The Morgan fingerprint density at radius 2 is 1.48 bits per heavy atom. The molecule has 1 aromatic rings. The van der Waals surface area contributed by atoms with E-state index in [0.717, 1.165) is 51.4 Å². The molecule has 4 aliphatic carbocycles. The third-order valence-electron chi connectivity index (χ3n) is 7.77. The van der Waals surface area contributed by atoms with Crippen molar-refractivity contribution in [3.05, 3.63) is 30.3 Å². The van der Waals surface area contributed by atoms with Gasteiger partial charge in [0, 0.05) is 31.9 Å². The third kappa shape index (κ3) is 3.16. The van der Waals surface area contributed by atoms with Crippen molar-refractivity contribution in [1.82, 2.24) is 4.90 Å². The van der Waals surface area contributed by atoms with Gasteiger partial charge in [-0.3, -0.25) is 4.79 Å². The molecule has 0 aromatic heterocycles. The van der Waals surface area contributed by atoms with Crippen LogP contribution < -0.4 is 4.90 Å². The molecular formula is C23H33ClN2O. The minimum atomic E-state index is -0.0438. The summed E-state index contributed by atoms with van der Waals surface area (Å²) in [7, 11) is 0. The first-order valence-corrected chi connectivity index (χ1v) is 10.5. The summed E-state index contributed by atoms with van der Waals surface area (Å²) in [6.45, 7) is 8.62. The normalized spacial score (nSPS) is 40.0. The minimum absolute atomic E-state index is 0. The van der Waals surface area contributed by atoms with Gasteiger partial charge in [0.15, 0.2) is 0 Å². The molecule has 1 heterocycles. The Kier molecular flexibility index (Phi) is 4.53. The van der Waals surface area contributed by atoms with E-state index in [9.17, 15) is 4.79 Å². The second-order valence-electron chi connectivity index (χ2n) is 10.5. The lowest BCUT2D eigenvalue weighted by molar-refractivity contribution is -0.179. The van der Waals surface area contributed by atoms with E-state index in [1.54, 1.807) is 0 Å². The smallest absolute Gasteiger partial charge is 0.228 e. The molecule has 0 N–H and O–H groups in total. The average molecular weight is 389 g/mol. The van der Waals surface area contributed by atoms with Crippen LogP contribution >= 0.6 is 12.4 Å². The molecule has 148 valence electrons. The van der Waals surface area contributed by atoms with Crippen LogP contribution in [0.2, 0.25) is 0 Å². The fraction of sp³-hybridized carbons (Fsp3) is 0.696. The second-order valence-corrected chi connectivity index (χ2v) is 10.5. The van der Waals surface area contributed by atoms with Gasteiger partial charge in [-0.1, -0.05) is 32.0 Å². The molecule has 0 spiro atoms. The van der Waals surface area contributed by atoms with Gasteiger partial charge in [0.25, 0.3) is 0 Å². The summed E-state index contributed by atoms with van der Waals surface area (Å²) < 4.78 is 0. The van der Waals surface area contributed by atoms with Crippen LogP contribution in [0.5, 0.6) is 0 Å². The molecule has 4 saturated carbocycles. The predicted molar refractivity (Wildman–Crippen MR) is 112 cm³/mol.